The Kier molecular flexibility index (Phi) is 6.19. The van der Waals surface area contributed by atoms with Crippen molar-refractivity contribution in [2.24, 2.45) is 0 Å². The topological polar surface area (TPSA) is 73.6 Å². The maximum atomic E-state index is 12.3. The third-order valence-corrected chi connectivity index (χ3v) is 4.27. The average molecular weight is 329 g/mol. The number of hydrogen-bond donors (Lipinski definition) is 0. The van der Waals surface area contributed by atoms with E-state index in [0.29, 0.717) is 38.3 Å². The van der Waals surface area contributed by atoms with Gasteiger partial charge in [-0.15, -0.1) is 0 Å². The molecule has 0 unspecified atom stereocenters. The van der Waals surface area contributed by atoms with Gasteiger partial charge in [0.1, 0.15) is 12.2 Å². The van der Waals surface area contributed by atoms with Gasteiger partial charge in [-0.25, -0.2) is 0 Å². The molecule has 0 radical (unpaired) electrons. The molecule has 0 saturated carbocycles. The number of carbonyl (C=O) groups excluding carboxylic acids is 2. The predicted octanol–water partition coefficient (Wildman–Crippen LogP) is 1.66. The third-order valence-electron chi connectivity index (χ3n) is 4.27. The second-order valence-corrected chi connectivity index (χ2v) is 5.98. The summed E-state index contributed by atoms with van der Waals surface area (Å²) in [6.07, 6.45) is 0.608. The molecule has 0 aromatic heterocycles. The normalized spacial score (nSPS) is 14.7. The molecule has 1 saturated heterocycles. The van der Waals surface area contributed by atoms with Crippen LogP contribution in [0.4, 0.5) is 0 Å². The van der Waals surface area contributed by atoms with Crippen LogP contribution in [0.15, 0.2) is 18.2 Å². The van der Waals surface area contributed by atoms with Crippen molar-refractivity contribution in [1.29, 1.82) is 5.26 Å². The molecule has 24 heavy (non-hydrogen) atoms. The number of nitriles is 1. The minimum Gasteiger partial charge on any atom is -0.484 e. The van der Waals surface area contributed by atoms with E-state index in [1.165, 1.54) is 5.56 Å². The van der Waals surface area contributed by atoms with Crippen molar-refractivity contribution in [3.8, 4) is 11.8 Å². The van der Waals surface area contributed by atoms with E-state index in [1.54, 1.807) is 9.80 Å². The molecule has 1 aromatic rings. The van der Waals surface area contributed by atoms with E-state index in [9.17, 15) is 9.59 Å². The molecule has 1 heterocycles. The standard InChI is InChI=1S/C18H23N3O3/c1-14-4-5-16(12-15(14)2)24-13-18(23)21-9-3-8-20(10-11-21)17(22)6-7-19/h4-5,12H,3,6,8-11,13H2,1-2H3. The first-order chi connectivity index (χ1) is 11.5. The van der Waals surface area contributed by atoms with E-state index >= 15 is 0 Å². The summed E-state index contributed by atoms with van der Waals surface area (Å²) >= 11 is 0. The second kappa shape index (κ2) is 8.34. The number of aryl methyl sites for hydroxylation is 2. The van der Waals surface area contributed by atoms with Crippen molar-refractivity contribution in [3.05, 3.63) is 29.3 Å². The molecule has 6 heteroatoms. The molecule has 0 aliphatic carbocycles. The fraction of sp³-hybridized carbons (Fsp3) is 0.500. The largest absolute Gasteiger partial charge is 0.484 e. The summed E-state index contributed by atoms with van der Waals surface area (Å²) in [6.45, 7) is 6.16. The molecule has 128 valence electrons. The zero-order valence-corrected chi connectivity index (χ0v) is 14.2. The summed E-state index contributed by atoms with van der Waals surface area (Å²) in [5.41, 5.74) is 2.31. The van der Waals surface area contributed by atoms with Crippen LogP contribution in [-0.2, 0) is 9.59 Å². The molecule has 2 rings (SSSR count). The summed E-state index contributed by atoms with van der Waals surface area (Å²) in [7, 11) is 0. The molecule has 0 atom stereocenters. The first kappa shape index (κ1) is 17.8. The average Bonchev–Trinajstić information content (AvgIpc) is 2.82. The number of nitrogens with zero attached hydrogens (tertiary/aromatic N) is 3. The van der Waals surface area contributed by atoms with Crippen molar-refractivity contribution in [2.45, 2.75) is 26.7 Å². The van der Waals surface area contributed by atoms with Crippen LogP contribution in [0.2, 0.25) is 0 Å². The lowest BCUT2D eigenvalue weighted by Crippen LogP contribution is -2.39. The Morgan fingerprint density at radius 2 is 1.75 bits per heavy atom. The highest BCUT2D eigenvalue weighted by Gasteiger charge is 2.22. The third kappa shape index (κ3) is 4.72. The zero-order chi connectivity index (χ0) is 17.5. The van der Waals surface area contributed by atoms with Gasteiger partial charge in [0.25, 0.3) is 5.91 Å². The van der Waals surface area contributed by atoms with Crippen LogP contribution >= 0.6 is 0 Å². The van der Waals surface area contributed by atoms with E-state index in [-0.39, 0.29) is 24.8 Å². The van der Waals surface area contributed by atoms with Crippen molar-refractivity contribution in [3.63, 3.8) is 0 Å². The number of benzene rings is 1. The van der Waals surface area contributed by atoms with Crippen LogP contribution in [0.3, 0.4) is 0 Å². The monoisotopic (exact) mass is 329 g/mol. The van der Waals surface area contributed by atoms with E-state index in [0.717, 1.165) is 5.56 Å². The number of carbonyl (C=O) groups is 2. The van der Waals surface area contributed by atoms with Crippen molar-refractivity contribution in [2.75, 3.05) is 32.8 Å². The minimum atomic E-state index is -0.168. The summed E-state index contributed by atoms with van der Waals surface area (Å²) < 4.78 is 5.60. The van der Waals surface area contributed by atoms with Crippen LogP contribution in [0.5, 0.6) is 5.75 Å². The lowest BCUT2D eigenvalue weighted by Gasteiger charge is -2.21. The van der Waals surface area contributed by atoms with E-state index in [1.807, 2.05) is 38.1 Å². The molecule has 1 aromatic carbocycles. The number of ether oxygens (including phenoxy) is 1. The lowest BCUT2D eigenvalue weighted by molar-refractivity contribution is -0.134. The number of hydrogen-bond acceptors (Lipinski definition) is 4. The van der Waals surface area contributed by atoms with E-state index < -0.39 is 0 Å². The molecule has 1 aliphatic heterocycles. The Labute approximate surface area is 142 Å². The van der Waals surface area contributed by atoms with Crippen molar-refractivity contribution in [1.82, 2.24) is 9.80 Å². The van der Waals surface area contributed by atoms with E-state index in [4.69, 9.17) is 10.00 Å². The Morgan fingerprint density at radius 1 is 1.08 bits per heavy atom. The molecule has 0 bridgehead atoms. The maximum absolute atomic E-state index is 12.3. The molecular formula is C18H23N3O3. The van der Waals surface area contributed by atoms with Crippen LogP contribution < -0.4 is 4.74 Å². The smallest absolute Gasteiger partial charge is 0.260 e. The fourth-order valence-electron chi connectivity index (χ4n) is 2.64. The molecule has 6 nitrogen and oxygen atoms in total. The molecule has 1 aliphatic rings. The van der Waals surface area contributed by atoms with Gasteiger partial charge in [-0.1, -0.05) is 6.07 Å². The first-order valence-electron chi connectivity index (χ1n) is 8.14. The number of amides is 2. The van der Waals surface area contributed by atoms with Crippen LogP contribution in [0, 0.1) is 25.2 Å². The number of rotatable bonds is 4. The molecule has 0 N–H and O–H groups in total. The van der Waals surface area contributed by atoms with Crippen molar-refractivity contribution >= 4 is 11.8 Å². The fourth-order valence-corrected chi connectivity index (χ4v) is 2.64. The highest BCUT2D eigenvalue weighted by Crippen LogP contribution is 2.16. The SMILES string of the molecule is Cc1ccc(OCC(=O)N2CCCN(C(=O)CC#N)CC2)cc1C. The van der Waals surface area contributed by atoms with Gasteiger partial charge < -0.3 is 14.5 Å². The maximum Gasteiger partial charge on any atom is 0.260 e. The van der Waals surface area contributed by atoms with Gasteiger partial charge in [0, 0.05) is 26.2 Å². The molecule has 1 fully saturated rings. The highest BCUT2D eigenvalue weighted by molar-refractivity contribution is 5.79. The Balaban J connectivity index is 1.85. The lowest BCUT2D eigenvalue weighted by atomic mass is 10.1. The quantitative estimate of drug-likeness (QED) is 0.842. The Hall–Kier alpha value is -2.55. The Morgan fingerprint density at radius 3 is 2.38 bits per heavy atom. The van der Waals surface area contributed by atoms with Gasteiger partial charge in [0.2, 0.25) is 5.91 Å². The molecular weight excluding hydrogens is 306 g/mol. The summed E-state index contributed by atoms with van der Waals surface area (Å²) in [5, 5.41) is 8.61. The van der Waals surface area contributed by atoms with Crippen LogP contribution in [0.1, 0.15) is 24.0 Å². The van der Waals surface area contributed by atoms with Gasteiger partial charge in [0.15, 0.2) is 6.61 Å². The van der Waals surface area contributed by atoms with Gasteiger partial charge in [-0.05, 0) is 43.5 Å². The molecule has 2 amide bonds. The molecule has 0 spiro atoms. The first-order valence-corrected chi connectivity index (χ1v) is 8.14. The highest BCUT2D eigenvalue weighted by atomic mass is 16.5. The second-order valence-electron chi connectivity index (χ2n) is 5.98. The van der Waals surface area contributed by atoms with Gasteiger partial charge >= 0.3 is 0 Å². The predicted molar refractivity (Wildman–Crippen MR) is 89.4 cm³/mol. The van der Waals surface area contributed by atoms with Crippen LogP contribution in [-0.4, -0.2) is 54.4 Å². The van der Waals surface area contributed by atoms with Crippen LogP contribution in [0.25, 0.3) is 0 Å². The van der Waals surface area contributed by atoms with Crippen molar-refractivity contribution < 1.29 is 14.3 Å². The minimum absolute atomic E-state index is 0.00531. The van der Waals surface area contributed by atoms with Gasteiger partial charge in [-0.2, -0.15) is 5.26 Å². The van der Waals surface area contributed by atoms with Gasteiger partial charge in [-0.3, -0.25) is 9.59 Å². The van der Waals surface area contributed by atoms with Gasteiger partial charge in [0.05, 0.1) is 6.07 Å². The summed E-state index contributed by atoms with van der Waals surface area (Å²) in [6, 6.07) is 7.63. The summed E-state index contributed by atoms with van der Waals surface area (Å²) in [5.74, 6) is 0.438. The summed E-state index contributed by atoms with van der Waals surface area (Å²) in [4.78, 5) is 27.5. The van der Waals surface area contributed by atoms with E-state index in [2.05, 4.69) is 0 Å². The zero-order valence-electron chi connectivity index (χ0n) is 14.2. The Bertz CT molecular complexity index is 651.